The Kier molecular flexibility index (Phi) is 3.63. The fraction of sp³-hybridized carbons (Fsp3) is 0.300. The smallest absolute Gasteiger partial charge is 0.303 e. The molecule has 1 aromatic rings. The lowest BCUT2D eigenvalue weighted by Crippen LogP contribution is -2.02. The van der Waals surface area contributed by atoms with Gasteiger partial charge in [-0.05, 0) is 39.5 Å². The summed E-state index contributed by atoms with van der Waals surface area (Å²) in [6, 6.07) is 4.55. The summed E-state index contributed by atoms with van der Waals surface area (Å²) in [5.74, 6) is -1.29. The summed E-state index contributed by atoms with van der Waals surface area (Å²) >= 11 is 3.06. The van der Waals surface area contributed by atoms with Crippen molar-refractivity contribution < 1.29 is 14.3 Å². The van der Waals surface area contributed by atoms with Crippen LogP contribution >= 0.6 is 15.9 Å². The van der Waals surface area contributed by atoms with E-state index < -0.39 is 5.97 Å². The minimum Gasteiger partial charge on any atom is -0.481 e. The Bertz CT molecular complexity index is 352. The quantitative estimate of drug-likeness (QED) is 0.907. The van der Waals surface area contributed by atoms with Crippen LogP contribution < -0.4 is 0 Å². The van der Waals surface area contributed by atoms with Gasteiger partial charge in [0.05, 0.1) is 10.9 Å². The normalized spacial score (nSPS) is 12.5. The number of hydrogen-bond donors (Lipinski definition) is 1. The van der Waals surface area contributed by atoms with E-state index in [-0.39, 0.29) is 18.2 Å². The maximum Gasteiger partial charge on any atom is 0.303 e. The molecular weight excluding hydrogens is 251 g/mol. The Hall–Kier alpha value is -0.900. The highest BCUT2D eigenvalue weighted by molar-refractivity contribution is 9.10. The van der Waals surface area contributed by atoms with Gasteiger partial charge in [-0.3, -0.25) is 4.79 Å². The molecule has 0 spiro atoms. The molecular formula is C10H10BrFO2. The van der Waals surface area contributed by atoms with Crippen molar-refractivity contribution in [3.05, 3.63) is 34.1 Å². The highest BCUT2D eigenvalue weighted by Crippen LogP contribution is 2.24. The number of hydrogen-bond acceptors (Lipinski definition) is 1. The van der Waals surface area contributed by atoms with Crippen LogP contribution in [-0.2, 0) is 4.79 Å². The Balaban J connectivity index is 2.85. The molecule has 0 aliphatic carbocycles. The first-order valence-corrected chi connectivity index (χ1v) is 4.96. The third-order valence-electron chi connectivity index (χ3n) is 1.99. The van der Waals surface area contributed by atoms with E-state index >= 15 is 0 Å². The monoisotopic (exact) mass is 260 g/mol. The number of benzene rings is 1. The van der Waals surface area contributed by atoms with Crippen LogP contribution in [-0.4, -0.2) is 11.1 Å². The van der Waals surface area contributed by atoms with E-state index in [2.05, 4.69) is 15.9 Å². The Labute approximate surface area is 89.9 Å². The second-order valence-electron chi connectivity index (χ2n) is 3.17. The molecule has 1 aromatic carbocycles. The van der Waals surface area contributed by atoms with Crippen LogP contribution in [0.25, 0.3) is 0 Å². The van der Waals surface area contributed by atoms with Crippen LogP contribution in [0.5, 0.6) is 0 Å². The molecule has 1 N–H and O–H groups in total. The van der Waals surface area contributed by atoms with E-state index in [1.54, 1.807) is 19.1 Å². The average molecular weight is 261 g/mol. The molecule has 0 saturated carbocycles. The molecule has 0 fully saturated rings. The lowest BCUT2D eigenvalue weighted by Gasteiger charge is -2.09. The lowest BCUT2D eigenvalue weighted by atomic mass is 9.98. The zero-order chi connectivity index (χ0) is 10.7. The van der Waals surface area contributed by atoms with Gasteiger partial charge in [-0.15, -0.1) is 0 Å². The van der Waals surface area contributed by atoms with E-state index in [0.717, 1.165) is 5.56 Å². The molecule has 14 heavy (non-hydrogen) atoms. The minimum absolute atomic E-state index is 0.0536. The van der Waals surface area contributed by atoms with E-state index in [4.69, 9.17) is 5.11 Å². The lowest BCUT2D eigenvalue weighted by molar-refractivity contribution is -0.137. The van der Waals surface area contributed by atoms with Gasteiger partial charge in [0.15, 0.2) is 0 Å². The van der Waals surface area contributed by atoms with E-state index in [1.807, 2.05) is 0 Å². The van der Waals surface area contributed by atoms with Gasteiger partial charge in [0.2, 0.25) is 0 Å². The Morgan fingerprint density at radius 1 is 1.64 bits per heavy atom. The van der Waals surface area contributed by atoms with Gasteiger partial charge in [0, 0.05) is 0 Å². The predicted octanol–water partition coefficient (Wildman–Crippen LogP) is 3.17. The summed E-state index contributed by atoms with van der Waals surface area (Å²) in [6.07, 6.45) is 0.0536. The third kappa shape index (κ3) is 2.80. The zero-order valence-electron chi connectivity index (χ0n) is 7.63. The third-order valence-corrected chi connectivity index (χ3v) is 2.60. The summed E-state index contributed by atoms with van der Waals surface area (Å²) in [5.41, 5.74) is 0.820. The standard InChI is InChI=1S/C10H10BrFO2/c1-6(4-10(13)14)7-2-3-9(12)8(11)5-7/h2-3,5-6H,4H2,1H3,(H,13,14)/t6-/m1/s1. The fourth-order valence-electron chi connectivity index (χ4n) is 1.20. The van der Waals surface area contributed by atoms with Crippen LogP contribution in [0.15, 0.2) is 22.7 Å². The van der Waals surface area contributed by atoms with Crippen LogP contribution in [0.3, 0.4) is 0 Å². The maximum atomic E-state index is 12.9. The van der Waals surface area contributed by atoms with Gasteiger partial charge in [-0.25, -0.2) is 4.39 Å². The second-order valence-corrected chi connectivity index (χ2v) is 4.03. The van der Waals surface area contributed by atoms with Crippen molar-refractivity contribution in [2.75, 3.05) is 0 Å². The molecule has 1 rings (SSSR count). The van der Waals surface area contributed by atoms with Gasteiger partial charge in [-0.2, -0.15) is 0 Å². The van der Waals surface area contributed by atoms with Crippen molar-refractivity contribution in [2.45, 2.75) is 19.3 Å². The molecule has 0 aliphatic rings. The molecule has 0 heterocycles. The summed E-state index contributed by atoms with van der Waals surface area (Å²) < 4.78 is 13.2. The number of carbonyl (C=O) groups is 1. The molecule has 0 amide bonds. The topological polar surface area (TPSA) is 37.3 Å². The molecule has 2 nitrogen and oxygen atoms in total. The predicted molar refractivity (Wildman–Crippen MR) is 54.8 cm³/mol. The van der Waals surface area contributed by atoms with Crippen molar-refractivity contribution >= 4 is 21.9 Å². The van der Waals surface area contributed by atoms with Crippen molar-refractivity contribution in [3.8, 4) is 0 Å². The summed E-state index contributed by atoms with van der Waals surface area (Å²) in [5, 5.41) is 8.58. The molecule has 0 bridgehead atoms. The molecule has 0 radical (unpaired) electrons. The maximum absolute atomic E-state index is 12.9. The van der Waals surface area contributed by atoms with E-state index in [0.29, 0.717) is 4.47 Å². The van der Waals surface area contributed by atoms with Gasteiger partial charge in [0.1, 0.15) is 5.82 Å². The fourth-order valence-corrected chi connectivity index (χ4v) is 1.60. The number of carboxylic acid groups (broad SMARTS) is 1. The molecule has 1 atom stereocenters. The second kappa shape index (κ2) is 4.55. The number of rotatable bonds is 3. The van der Waals surface area contributed by atoms with Gasteiger partial charge < -0.3 is 5.11 Å². The SMILES string of the molecule is C[C@H](CC(=O)O)c1ccc(F)c(Br)c1. The van der Waals surface area contributed by atoms with Crippen LogP contribution in [0, 0.1) is 5.82 Å². The molecule has 76 valence electrons. The number of halogens is 2. The highest BCUT2D eigenvalue weighted by Gasteiger charge is 2.11. The van der Waals surface area contributed by atoms with Crippen molar-refractivity contribution in [2.24, 2.45) is 0 Å². The van der Waals surface area contributed by atoms with Crippen molar-refractivity contribution in [1.29, 1.82) is 0 Å². The number of carboxylic acids is 1. The highest BCUT2D eigenvalue weighted by atomic mass is 79.9. The summed E-state index contributed by atoms with van der Waals surface area (Å²) in [4.78, 5) is 10.4. The van der Waals surface area contributed by atoms with Gasteiger partial charge in [-0.1, -0.05) is 13.0 Å². The first kappa shape index (κ1) is 11.2. The van der Waals surface area contributed by atoms with Crippen LogP contribution in [0.1, 0.15) is 24.8 Å². The van der Waals surface area contributed by atoms with Gasteiger partial charge >= 0.3 is 5.97 Å². The van der Waals surface area contributed by atoms with Crippen LogP contribution in [0.4, 0.5) is 4.39 Å². The van der Waals surface area contributed by atoms with Crippen molar-refractivity contribution in [1.82, 2.24) is 0 Å². The molecule has 0 aromatic heterocycles. The molecule has 4 heteroatoms. The van der Waals surface area contributed by atoms with E-state index in [1.165, 1.54) is 6.07 Å². The average Bonchev–Trinajstić information content (AvgIpc) is 2.08. The Morgan fingerprint density at radius 2 is 2.29 bits per heavy atom. The zero-order valence-corrected chi connectivity index (χ0v) is 9.21. The summed E-state index contributed by atoms with van der Waals surface area (Å²) in [7, 11) is 0. The van der Waals surface area contributed by atoms with Crippen LogP contribution in [0.2, 0.25) is 0 Å². The largest absolute Gasteiger partial charge is 0.481 e. The number of aliphatic carboxylic acids is 1. The molecule has 0 aliphatic heterocycles. The first-order chi connectivity index (χ1) is 6.50. The minimum atomic E-state index is -0.849. The molecule has 0 saturated heterocycles. The van der Waals surface area contributed by atoms with Crippen molar-refractivity contribution in [3.63, 3.8) is 0 Å². The molecule has 0 unspecified atom stereocenters. The Morgan fingerprint density at radius 3 is 2.79 bits per heavy atom. The van der Waals surface area contributed by atoms with E-state index in [9.17, 15) is 9.18 Å². The first-order valence-electron chi connectivity index (χ1n) is 4.17. The summed E-state index contributed by atoms with van der Waals surface area (Å²) in [6.45, 7) is 1.80. The van der Waals surface area contributed by atoms with Gasteiger partial charge in [0.25, 0.3) is 0 Å².